The van der Waals surface area contributed by atoms with Gasteiger partial charge in [-0.2, -0.15) is 0 Å². The van der Waals surface area contributed by atoms with Gasteiger partial charge in [-0.1, -0.05) is 6.07 Å². The van der Waals surface area contributed by atoms with Crippen LogP contribution in [0.15, 0.2) is 29.4 Å². The SMILES string of the molecule is CN=C(NCCC(=O)NC(C)C)N1CCN(c2ccccn2)CC1.I. The van der Waals surface area contributed by atoms with Crippen LogP contribution in [-0.2, 0) is 4.79 Å². The summed E-state index contributed by atoms with van der Waals surface area (Å²) in [6.45, 7) is 8.10. The topological polar surface area (TPSA) is 72.9 Å². The summed E-state index contributed by atoms with van der Waals surface area (Å²) in [6, 6.07) is 6.16. The van der Waals surface area contributed by atoms with Gasteiger partial charge >= 0.3 is 0 Å². The zero-order chi connectivity index (χ0) is 17.4. The Bertz CT molecular complexity index is 543. The monoisotopic (exact) mass is 460 g/mol. The maximum absolute atomic E-state index is 11.7. The van der Waals surface area contributed by atoms with E-state index in [2.05, 4.69) is 30.4 Å². The molecule has 0 bridgehead atoms. The molecule has 8 heteroatoms. The van der Waals surface area contributed by atoms with E-state index in [1.165, 1.54) is 0 Å². The zero-order valence-corrected chi connectivity index (χ0v) is 17.6. The predicted octanol–water partition coefficient (Wildman–Crippen LogP) is 1.31. The lowest BCUT2D eigenvalue weighted by Gasteiger charge is -2.37. The number of nitrogens with zero attached hydrogens (tertiary/aromatic N) is 4. The number of halogens is 1. The van der Waals surface area contributed by atoms with E-state index < -0.39 is 0 Å². The van der Waals surface area contributed by atoms with Crippen molar-refractivity contribution in [3.05, 3.63) is 24.4 Å². The van der Waals surface area contributed by atoms with Gasteiger partial charge in [0.2, 0.25) is 5.91 Å². The summed E-state index contributed by atoms with van der Waals surface area (Å²) in [6.07, 6.45) is 2.27. The Kier molecular flexibility index (Phi) is 9.54. The minimum absolute atomic E-state index is 0. The number of hydrogen-bond acceptors (Lipinski definition) is 4. The lowest BCUT2D eigenvalue weighted by atomic mass is 10.3. The van der Waals surface area contributed by atoms with Crippen LogP contribution in [0.5, 0.6) is 0 Å². The minimum Gasteiger partial charge on any atom is -0.356 e. The molecule has 1 aliphatic heterocycles. The fourth-order valence-electron chi connectivity index (χ4n) is 2.70. The largest absolute Gasteiger partial charge is 0.356 e. The van der Waals surface area contributed by atoms with E-state index in [0.29, 0.717) is 13.0 Å². The first-order chi connectivity index (χ1) is 11.6. The highest BCUT2D eigenvalue weighted by atomic mass is 127. The number of carbonyl (C=O) groups is 1. The summed E-state index contributed by atoms with van der Waals surface area (Å²) in [5.74, 6) is 1.94. The quantitative estimate of drug-likeness (QED) is 0.394. The molecule has 1 saturated heterocycles. The number of guanidine groups is 1. The Morgan fingerprint density at radius 3 is 2.56 bits per heavy atom. The van der Waals surface area contributed by atoms with Gasteiger partial charge in [0.1, 0.15) is 5.82 Å². The maximum Gasteiger partial charge on any atom is 0.221 e. The van der Waals surface area contributed by atoms with Gasteiger partial charge in [-0.15, -0.1) is 24.0 Å². The van der Waals surface area contributed by atoms with E-state index in [9.17, 15) is 4.79 Å². The number of rotatable bonds is 5. The molecule has 2 rings (SSSR count). The minimum atomic E-state index is 0. The number of hydrogen-bond donors (Lipinski definition) is 2. The first-order valence-electron chi connectivity index (χ1n) is 8.51. The summed E-state index contributed by atoms with van der Waals surface area (Å²) in [4.78, 5) is 24.9. The third-order valence-electron chi connectivity index (χ3n) is 3.85. The second kappa shape index (κ2) is 11.1. The number of anilines is 1. The fourth-order valence-corrected chi connectivity index (χ4v) is 2.70. The van der Waals surface area contributed by atoms with Gasteiger partial charge in [-0.25, -0.2) is 4.98 Å². The smallest absolute Gasteiger partial charge is 0.221 e. The first-order valence-corrected chi connectivity index (χ1v) is 8.51. The summed E-state index contributed by atoms with van der Waals surface area (Å²) in [7, 11) is 1.78. The summed E-state index contributed by atoms with van der Waals surface area (Å²) >= 11 is 0. The predicted molar refractivity (Wildman–Crippen MR) is 113 cm³/mol. The molecule has 0 radical (unpaired) electrons. The van der Waals surface area contributed by atoms with E-state index in [1.807, 2.05) is 38.2 Å². The summed E-state index contributed by atoms with van der Waals surface area (Å²) < 4.78 is 0. The third-order valence-corrected chi connectivity index (χ3v) is 3.85. The molecule has 1 amide bonds. The highest BCUT2D eigenvalue weighted by molar-refractivity contribution is 14.0. The van der Waals surface area contributed by atoms with Crippen LogP contribution in [0.3, 0.4) is 0 Å². The van der Waals surface area contributed by atoms with Crippen LogP contribution in [0.25, 0.3) is 0 Å². The number of amides is 1. The van der Waals surface area contributed by atoms with Crippen LogP contribution in [0, 0.1) is 0 Å². The second-order valence-corrected chi connectivity index (χ2v) is 6.11. The standard InChI is InChI=1S/C17H28N6O.HI/c1-14(2)21-16(24)7-9-20-17(18-3)23-12-10-22(11-13-23)15-6-4-5-8-19-15;/h4-6,8,14H,7,9-13H2,1-3H3,(H,18,20)(H,21,24);1H. The molecule has 2 heterocycles. The van der Waals surface area contributed by atoms with Crippen LogP contribution in [0.2, 0.25) is 0 Å². The normalized spacial score (nSPS) is 15.0. The Morgan fingerprint density at radius 2 is 2.00 bits per heavy atom. The number of aromatic nitrogens is 1. The van der Waals surface area contributed by atoms with Crippen molar-refractivity contribution in [3.63, 3.8) is 0 Å². The lowest BCUT2D eigenvalue weighted by molar-refractivity contribution is -0.121. The molecule has 2 N–H and O–H groups in total. The molecule has 1 aromatic rings. The highest BCUT2D eigenvalue weighted by Crippen LogP contribution is 2.12. The molecule has 0 unspecified atom stereocenters. The van der Waals surface area contributed by atoms with E-state index in [4.69, 9.17) is 0 Å². The van der Waals surface area contributed by atoms with Gasteiger partial charge in [0.15, 0.2) is 5.96 Å². The Labute approximate surface area is 167 Å². The molecule has 1 aromatic heterocycles. The maximum atomic E-state index is 11.7. The zero-order valence-electron chi connectivity index (χ0n) is 15.2. The average molecular weight is 460 g/mol. The molecule has 25 heavy (non-hydrogen) atoms. The second-order valence-electron chi connectivity index (χ2n) is 6.11. The molecule has 0 aliphatic carbocycles. The van der Waals surface area contributed by atoms with Gasteiger partial charge in [0, 0.05) is 58.4 Å². The van der Waals surface area contributed by atoms with Gasteiger partial charge in [-0.05, 0) is 26.0 Å². The van der Waals surface area contributed by atoms with Crippen molar-refractivity contribution in [2.24, 2.45) is 4.99 Å². The van der Waals surface area contributed by atoms with Crippen molar-refractivity contribution in [2.45, 2.75) is 26.3 Å². The molecular formula is C17H29IN6O. The number of aliphatic imine (C=N–C) groups is 1. The van der Waals surface area contributed by atoms with Gasteiger partial charge < -0.3 is 20.4 Å². The van der Waals surface area contributed by atoms with Gasteiger partial charge in [0.05, 0.1) is 0 Å². The number of carbonyl (C=O) groups excluding carboxylic acids is 1. The van der Waals surface area contributed by atoms with E-state index in [1.54, 1.807) is 7.05 Å². The molecule has 7 nitrogen and oxygen atoms in total. The van der Waals surface area contributed by atoms with Crippen LogP contribution < -0.4 is 15.5 Å². The number of piperazine rings is 1. The van der Waals surface area contributed by atoms with Gasteiger partial charge in [-0.3, -0.25) is 9.79 Å². The molecule has 0 aromatic carbocycles. The Balaban J connectivity index is 0.00000312. The molecule has 140 valence electrons. The van der Waals surface area contributed by atoms with Crippen molar-refractivity contribution in [3.8, 4) is 0 Å². The van der Waals surface area contributed by atoms with Crippen molar-refractivity contribution >= 4 is 41.7 Å². The highest BCUT2D eigenvalue weighted by Gasteiger charge is 2.20. The van der Waals surface area contributed by atoms with Crippen LogP contribution >= 0.6 is 24.0 Å². The van der Waals surface area contributed by atoms with Crippen molar-refractivity contribution in [1.82, 2.24) is 20.5 Å². The van der Waals surface area contributed by atoms with E-state index >= 15 is 0 Å². The van der Waals surface area contributed by atoms with E-state index in [0.717, 1.165) is 38.0 Å². The molecule has 0 saturated carbocycles. The molecule has 0 atom stereocenters. The fraction of sp³-hybridized carbons (Fsp3) is 0.588. The van der Waals surface area contributed by atoms with Crippen LogP contribution in [-0.4, -0.2) is 67.6 Å². The molecule has 0 spiro atoms. The van der Waals surface area contributed by atoms with Crippen LogP contribution in [0.1, 0.15) is 20.3 Å². The van der Waals surface area contributed by atoms with Crippen LogP contribution in [0.4, 0.5) is 5.82 Å². The third kappa shape index (κ3) is 7.05. The van der Waals surface area contributed by atoms with Crippen molar-refractivity contribution in [2.75, 3.05) is 44.7 Å². The first kappa shape index (κ1) is 21.5. The summed E-state index contributed by atoms with van der Waals surface area (Å²) in [5, 5.41) is 6.17. The van der Waals surface area contributed by atoms with E-state index in [-0.39, 0.29) is 35.9 Å². The molecule has 1 fully saturated rings. The molecule has 1 aliphatic rings. The number of nitrogens with one attached hydrogen (secondary N) is 2. The molecular weight excluding hydrogens is 431 g/mol. The number of pyridine rings is 1. The summed E-state index contributed by atoms with van der Waals surface area (Å²) in [5.41, 5.74) is 0. The van der Waals surface area contributed by atoms with Crippen molar-refractivity contribution < 1.29 is 4.79 Å². The van der Waals surface area contributed by atoms with Gasteiger partial charge in [0.25, 0.3) is 0 Å². The Morgan fingerprint density at radius 1 is 1.28 bits per heavy atom. The lowest BCUT2D eigenvalue weighted by Crippen LogP contribution is -2.53. The Hall–Kier alpha value is -1.58. The van der Waals surface area contributed by atoms with Crippen molar-refractivity contribution in [1.29, 1.82) is 0 Å². The average Bonchev–Trinajstić information content (AvgIpc) is 2.59.